The molecule has 36 heavy (non-hydrogen) atoms. The summed E-state index contributed by atoms with van der Waals surface area (Å²) in [5.74, 6) is 0.810. The van der Waals surface area contributed by atoms with Crippen molar-refractivity contribution in [2.24, 2.45) is 0 Å². The van der Waals surface area contributed by atoms with Crippen LogP contribution < -0.4 is 15.4 Å². The molecule has 0 radical (unpaired) electrons. The zero-order chi connectivity index (χ0) is 25.0. The van der Waals surface area contributed by atoms with Gasteiger partial charge in [-0.2, -0.15) is 9.50 Å². The maximum absolute atomic E-state index is 13.8. The van der Waals surface area contributed by atoms with Crippen LogP contribution in [0.3, 0.4) is 0 Å². The Morgan fingerprint density at radius 1 is 1.06 bits per heavy atom. The number of fused-ring (bicyclic) bond motifs is 3. The predicted octanol–water partition coefficient (Wildman–Crippen LogP) is 0.00122. The van der Waals surface area contributed by atoms with Gasteiger partial charge in [0.1, 0.15) is 12.0 Å². The van der Waals surface area contributed by atoms with E-state index >= 15 is 0 Å². The normalized spacial score (nSPS) is 20.3. The van der Waals surface area contributed by atoms with Gasteiger partial charge in [0.2, 0.25) is 11.7 Å². The summed E-state index contributed by atoms with van der Waals surface area (Å²) in [7, 11) is 0. The number of rotatable bonds is 3. The lowest BCUT2D eigenvalue weighted by Crippen LogP contribution is -2.51. The lowest BCUT2D eigenvalue weighted by Gasteiger charge is -2.36. The van der Waals surface area contributed by atoms with Crippen molar-refractivity contribution >= 4 is 23.3 Å². The number of hydrogen-bond donors (Lipinski definition) is 1. The van der Waals surface area contributed by atoms with E-state index in [9.17, 15) is 14.7 Å². The number of aromatic hydroxyl groups is 1. The second-order valence-corrected chi connectivity index (χ2v) is 9.54. The van der Waals surface area contributed by atoms with E-state index in [1.165, 1.54) is 10.8 Å². The molecule has 1 unspecified atom stereocenters. The van der Waals surface area contributed by atoms with Gasteiger partial charge in [-0.15, -0.1) is 5.10 Å². The molecule has 1 N–H and O–H groups in total. The molecule has 2 saturated heterocycles. The van der Waals surface area contributed by atoms with Gasteiger partial charge in [0.15, 0.2) is 11.4 Å². The van der Waals surface area contributed by atoms with Crippen LogP contribution in [-0.2, 0) is 11.3 Å². The van der Waals surface area contributed by atoms with Crippen LogP contribution in [0.4, 0.5) is 11.6 Å². The molecule has 3 aliphatic heterocycles. The monoisotopic (exact) mass is 495 g/mol. The van der Waals surface area contributed by atoms with Gasteiger partial charge in [0.25, 0.3) is 11.5 Å². The molecule has 0 spiro atoms. The fourth-order valence-corrected chi connectivity index (χ4v) is 5.33. The molecule has 0 bridgehead atoms. The van der Waals surface area contributed by atoms with E-state index < -0.39 is 0 Å². The zero-order valence-electron chi connectivity index (χ0n) is 20.4. The number of nitrogens with zero attached hydrogens (tertiary/aromatic N) is 9. The molecule has 1 atom stereocenters. The van der Waals surface area contributed by atoms with Gasteiger partial charge >= 0.3 is 0 Å². The highest BCUT2D eigenvalue weighted by molar-refractivity contribution is 5.95. The molecule has 6 rings (SSSR count). The number of hydrogen-bond acceptors (Lipinski definition) is 10. The van der Waals surface area contributed by atoms with E-state index in [0.29, 0.717) is 75.6 Å². The molecule has 13 nitrogen and oxygen atoms in total. The standard InChI is InChI=1S/C23H29N9O4/c1-14-3-4-31-17(14)18(21(35)32-23(31)26-22(27-32)30-9-11-36-12-10-30)28-5-7-29(8-6-28)20(34)16-19(33)15(2)24-13-25-16/h13-14,33H,3-12H2,1-2H3. The van der Waals surface area contributed by atoms with Gasteiger partial charge in [0.05, 0.1) is 24.6 Å². The molecule has 2 fully saturated rings. The van der Waals surface area contributed by atoms with Gasteiger partial charge in [-0.3, -0.25) is 9.59 Å². The van der Waals surface area contributed by atoms with Gasteiger partial charge in [-0.1, -0.05) is 6.92 Å². The van der Waals surface area contributed by atoms with Crippen LogP contribution in [-0.4, -0.2) is 97.5 Å². The minimum atomic E-state index is -0.338. The summed E-state index contributed by atoms with van der Waals surface area (Å²) in [5.41, 5.74) is 1.81. The molecule has 1 amide bonds. The highest BCUT2D eigenvalue weighted by atomic mass is 16.5. The Balaban J connectivity index is 1.31. The fourth-order valence-electron chi connectivity index (χ4n) is 5.33. The second kappa shape index (κ2) is 8.73. The fraction of sp³-hybridized carbons (Fsp3) is 0.565. The maximum Gasteiger partial charge on any atom is 0.299 e. The van der Waals surface area contributed by atoms with Crippen molar-refractivity contribution < 1.29 is 14.6 Å². The SMILES string of the molecule is Cc1ncnc(C(=O)N2CCN(c3c4n(c5nc(N6CCOCC6)nn5c3=O)CCC4C)CC2)c1O. The Kier molecular flexibility index (Phi) is 5.51. The van der Waals surface area contributed by atoms with Crippen LogP contribution in [0.2, 0.25) is 0 Å². The van der Waals surface area contributed by atoms with Crippen LogP contribution in [0.25, 0.3) is 5.78 Å². The van der Waals surface area contributed by atoms with E-state index in [2.05, 4.69) is 36.4 Å². The summed E-state index contributed by atoms with van der Waals surface area (Å²) in [6.07, 6.45) is 2.21. The van der Waals surface area contributed by atoms with Crippen molar-refractivity contribution in [2.75, 3.05) is 62.3 Å². The minimum absolute atomic E-state index is 0.00482. The maximum atomic E-state index is 13.8. The molecule has 6 heterocycles. The first-order valence-corrected chi connectivity index (χ1v) is 12.3. The molecule has 0 saturated carbocycles. The number of piperazine rings is 1. The van der Waals surface area contributed by atoms with Crippen molar-refractivity contribution in [3.05, 3.63) is 33.8 Å². The minimum Gasteiger partial charge on any atom is -0.504 e. The second-order valence-electron chi connectivity index (χ2n) is 9.54. The third-order valence-corrected chi connectivity index (χ3v) is 7.39. The van der Waals surface area contributed by atoms with Crippen LogP contribution in [0, 0.1) is 6.92 Å². The summed E-state index contributed by atoms with van der Waals surface area (Å²) in [6.45, 7) is 8.95. The van der Waals surface area contributed by atoms with Crippen molar-refractivity contribution in [1.82, 2.24) is 34.0 Å². The number of carbonyl (C=O) groups is 1. The van der Waals surface area contributed by atoms with Gasteiger partial charge < -0.3 is 29.1 Å². The molecule has 190 valence electrons. The van der Waals surface area contributed by atoms with Crippen LogP contribution >= 0.6 is 0 Å². The summed E-state index contributed by atoms with van der Waals surface area (Å²) < 4.78 is 9.00. The first kappa shape index (κ1) is 22.7. The third kappa shape index (κ3) is 3.56. The zero-order valence-corrected chi connectivity index (χ0v) is 20.4. The van der Waals surface area contributed by atoms with Crippen LogP contribution in [0.15, 0.2) is 11.1 Å². The first-order valence-electron chi connectivity index (χ1n) is 12.3. The van der Waals surface area contributed by atoms with Crippen molar-refractivity contribution in [1.29, 1.82) is 0 Å². The van der Waals surface area contributed by atoms with E-state index in [-0.39, 0.29) is 28.8 Å². The Labute approximate surface area is 206 Å². The van der Waals surface area contributed by atoms with E-state index in [4.69, 9.17) is 9.72 Å². The molecule has 0 aliphatic carbocycles. The number of morpholine rings is 1. The summed E-state index contributed by atoms with van der Waals surface area (Å²) >= 11 is 0. The molecular weight excluding hydrogens is 466 g/mol. The molecule has 0 aromatic carbocycles. The topological polar surface area (TPSA) is 134 Å². The highest BCUT2D eigenvalue weighted by Crippen LogP contribution is 2.35. The lowest BCUT2D eigenvalue weighted by molar-refractivity contribution is 0.0736. The van der Waals surface area contributed by atoms with Gasteiger partial charge in [0, 0.05) is 51.7 Å². The van der Waals surface area contributed by atoms with Gasteiger partial charge in [-0.25, -0.2) is 9.97 Å². The van der Waals surface area contributed by atoms with Crippen LogP contribution in [0.5, 0.6) is 5.75 Å². The number of carbonyl (C=O) groups excluding carboxylic acids is 1. The average molecular weight is 496 g/mol. The molecule has 3 aliphatic rings. The van der Waals surface area contributed by atoms with Gasteiger partial charge in [-0.05, 0) is 13.3 Å². The Morgan fingerprint density at radius 3 is 2.56 bits per heavy atom. The number of amides is 1. The average Bonchev–Trinajstić information content (AvgIpc) is 3.51. The summed E-state index contributed by atoms with van der Waals surface area (Å²) in [4.78, 5) is 45.2. The van der Waals surface area contributed by atoms with E-state index in [0.717, 1.165) is 18.7 Å². The van der Waals surface area contributed by atoms with Crippen LogP contribution in [0.1, 0.15) is 41.1 Å². The van der Waals surface area contributed by atoms with E-state index in [1.807, 2.05) is 0 Å². The Hall–Kier alpha value is -3.74. The summed E-state index contributed by atoms with van der Waals surface area (Å²) in [6, 6.07) is 0. The quantitative estimate of drug-likeness (QED) is 0.529. The number of aryl methyl sites for hydroxylation is 2. The highest BCUT2D eigenvalue weighted by Gasteiger charge is 2.34. The smallest absolute Gasteiger partial charge is 0.299 e. The predicted molar refractivity (Wildman–Crippen MR) is 130 cm³/mol. The summed E-state index contributed by atoms with van der Waals surface area (Å²) in [5, 5.41) is 14.8. The Bertz CT molecular complexity index is 1390. The third-order valence-electron chi connectivity index (χ3n) is 7.39. The van der Waals surface area contributed by atoms with E-state index in [1.54, 1.807) is 11.8 Å². The lowest BCUT2D eigenvalue weighted by atomic mass is 10.1. The molecular formula is C23H29N9O4. The van der Waals surface area contributed by atoms with Crippen molar-refractivity contribution in [3.8, 4) is 5.75 Å². The largest absolute Gasteiger partial charge is 0.504 e. The number of anilines is 2. The Morgan fingerprint density at radius 2 is 1.81 bits per heavy atom. The first-order chi connectivity index (χ1) is 17.4. The number of ether oxygens (including phenoxy) is 1. The molecule has 13 heteroatoms. The molecule has 3 aromatic rings. The van der Waals surface area contributed by atoms with Crippen molar-refractivity contribution in [2.45, 2.75) is 32.7 Å². The molecule has 3 aromatic heterocycles. The van der Waals surface area contributed by atoms with Crippen molar-refractivity contribution in [3.63, 3.8) is 0 Å². The number of aromatic nitrogens is 6.